The molecule has 0 bridgehead atoms. The quantitative estimate of drug-likeness (QED) is 0.640. The Morgan fingerprint density at radius 1 is 1.53 bits per heavy atom. The Labute approximate surface area is 96.8 Å². The second kappa shape index (κ2) is 4.09. The Bertz CT molecular complexity index is 361. The average Bonchev–Trinajstić information content (AvgIpc) is 2.17. The zero-order valence-electron chi connectivity index (χ0n) is 8.42. The van der Waals surface area contributed by atoms with Crippen molar-refractivity contribution in [1.29, 1.82) is 0 Å². The van der Waals surface area contributed by atoms with E-state index in [0.29, 0.717) is 13.2 Å². The first kappa shape index (κ1) is 10.9. The molecule has 1 fully saturated rings. The van der Waals surface area contributed by atoms with E-state index >= 15 is 0 Å². The zero-order chi connectivity index (χ0) is 10.9. The summed E-state index contributed by atoms with van der Waals surface area (Å²) in [5.74, 6) is 6.39. The van der Waals surface area contributed by atoms with Crippen molar-refractivity contribution in [2.24, 2.45) is 5.84 Å². The summed E-state index contributed by atoms with van der Waals surface area (Å²) in [5, 5.41) is 0. The van der Waals surface area contributed by atoms with Crippen molar-refractivity contribution >= 4 is 15.9 Å². The number of rotatable bonds is 3. The number of methoxy groups -OCH3 is 1. The summed E-state index contributed by atoms with van der Waals surface area (Å²) in [6.07, 6.45) is 0. The first-order valence-corrected chi connectivity index (χ1v) is 5.41. The van der Waals surface area contributed by atoms with Crippen LogP contribution in [-0.4, -0.2) is 20.3 Å². The summed E-state index contributed by atoms with van der Waals surface area (Å²) in [6, 6.07) is 5.85. The molecule has 1 aliphatic heterocycles. The molecule has 1 heterocycles. The number of hydrazine groups is 1. The van der Waals surface area contributed by atoms with E-state index in [0.717, 1.165) is 15.8 Å². The Morgan fingerprint density at radius 2 is 2.27 bits per heavy atom. The third-order valence-corrected chi connectivity index (χ3v) is 3.14. The van der Waals surface area contributed by atoms with Gasteiger partial charge in [-0.3, -0.25) is 5.84 Å². The van der Waals surface area contributed by atoms with Gasteiger partial charge in [0.25, 0.3) is 0 Å². The van der Waals surface area contributed by atoms with Crippen LogP contribution < -0.4 is 16.0 Å². The Balaban J connectivity index is 2.44. The summed E-state index contributed by atoms with van der Waals surface area (Å²) in [5.41, 5.74) is 3.52. The molecule has 1 aromatic rings. The first-order valence-electron chi connectivity index (χ1n) is 4.61. The maximum Gasteiger partial charge on any atom is 0.124 e. The van der Waals surface area contributed by atoms with E-state index in [1.807, 2.05) is 18.2 Å². The normalized spacial score (nSPS) is 18.3. The van der Waals surface area contributed by atoms with Gasteiger partial charge in [-0.15, -0.1) is 0 Å². The standard InChI is InChI=1S/C10H13BrN2O2/c1-14-9-3-2-7(11)4-8(9)10(13-12)5-15-6-10/h2-4,13H,5-6,12H2,1H3. The summed E-state index contributed by atoms with van der Waals surface area (Å²) in [7, 11) is 1.65. The first-order chi connectivity index (χ1) is 7.22. The molecule has 3 N–H and O–H groups in total. The van der Waals surface area contributed by atoms with Crippen LogP contribution in [0.25, 0.3) is 0 Å². The molecule has 1 saturated heterocycles. The van der Waals surface area contributed by atoms with Crippen molar-refractivity contribution in [1.82, 2.24) is 5.43 Å². The number of hydrogen-bond donors (Lipinski definition) is 2. The number of nitrogens with one attached hydrogen (secondary N) is 1. The van der Waals surface area contributed by atoms with Gasteiger partial charge in [0.2, 0.25) is 0 Å². The maximum atomic E-state index is 5.57. The molecule has 2 rings (SSSR count). The fraction of sp³-hybridized carbons (Fsp3) is 0.400. The van der Waals surface area contributed by atoms with Gasteiger partial charge < -0.3 is 9.47 Å². The molecule has 0 amide bonds. The van der Waals surface area contributed by atoms with Crippen molar-refractivity contribution < 1.29 is 9.47 Å². The molecule has 1 aromatic carbocycles. The monoisotopic (exact) mass is 272 g/mol. The summed E-state index contributed by atoms with van der Waals surface area (Å²) in [4.78, 5) is 0. The van der Waals surface area contributed by atoms with E-state index < -0.39 is 0 Å². The molecule has 0 aliphatic carbocycles. The summed E-state index contributed by atoms with van der Waals surface area (Å²) < 4.78 is 11.5. The molecule has 0 radical (unpaired) electrons. The van der Waals surface area contributed by atoms with E-state index in [4.69, 9.17) is 15.3 Å². The van der Waals surface area contributed by atoms with Crippen LogP contribution in [0, 0.1) is 0 Å². The van der Waals surface area contributed by atoms with Crippen LogP contribution in [0.4, 0.5) is 0 Å². The number of benzene rings is 1. The Morgan fingerprint density at radius 3 is 2.73 bits per heavy atom. The fourth-order valence-corrected chi connectivity index (χ4v) is 2.04. The minimum atomic E-state index is -0.310. The van der Waals surface area contributed by atoms with Gasteiger partial charge in [0.05, 0.1) is 20.3 Å². The van der Waals surface area contributed by atoms with Crippen LogP contribution in [0.5, 0.6) is 5.75 Å². The molecule has 15 heavy (non-hydrogen) atoms. The van der Waals surface area contributed by atoms with Crippen molar-refractivity contribution in [3.63, 3.8) is 0 Å². The second-order valence-electron chi connectivity index (χ2n) is 3.56. The van der Waals surface area contributed by atoms with Crippen LogP contribution in [0.3, 0.4) is 0 Å². The molecule has 5 heteroatoms. The lowest BCUT2D eigenvalue weighted by Crippen LogP contribution is -2.60. The van der Waals surface area contributed by atoms with E-state index in [1.54, 1.807) is 7.11 Å². The topological polar surface area (TPSA) is 56.5 Å². The molecule has 0 atom stereocenters. The molecule has 0 unspecified atom stereocenters. The Kier molecular flexibility index (Phi) is 2.97. The number of nitrogens with two attached hydrogens (primary N) is 1. The van der Waals surface area contributed by atoms with Crippen LogP contribution in [-0.2, 0) is 10.3 Å². The van der Waals surface area contributed by atoms with Gasteiger partial charge in [-0.2, -0.15) is 0 Å². The highest BCUT2D eigenvalue weighted by Crippen LogP contribution is 2.36. The largest absolute Gasteiger partial charge is 0.496 e. The SMILES string of the molecule is COc1ccc(Br)cc1C1(NN)COC1. The van der Waals surface area contributed by atoms with Crippen LogP contribution in [0.1, 0.15) is 5.56 Å². The minimum absolute atomic E-state index is 0.310. The van der Waals surface area contributed by atoms with Gasteiger partial charge in [0, 0.05) is 10.0 Å². The third kappa shape index (κ3) is 1.76. The fourth-order valence-electron chi connectivity index (χ4n) is 1.68. The third-order valence-electron chi connectivity index (χ3n) is 2.65. The average molecular weight is 273 g/mol. The van der Waals surface area contributed by atoms with Gasteiger partial charge in [0.1, 0.15) is 11.3 Å². The molecule has 82 valence electrons. The predicted molar refractivity (Wildman–Crippen MR) is 60.5 cm³/mol. The van der Waals surface area contributed by atoms with Crippen LogP contribution in [0.15, 0.2) is 22.7 Å². The van der Waals surface area contributed by atoms with Crippen molar-refractivity contribution in [2.45, 2.75) is 5.54 Å². The molecule has 0 spiro atoms. The van der Waals surface area contributed by atoms with E-state index in [9.17, 15) is 0 Å². The summed E-state index contributed by atoms with van der Waals surface area (Å²) >= 11 is 3.44. The number of halogens is 1. The number of ether oxygens (including phenoxy) is 2. The molecule has 4 nitrogen and oxygen atoms in total. The molecular formula is C10H13BrN2O2. The highest BCUT2D eigenvalue weighted by atomic mass is 79.9. The lowest BCUT2D eigenvalue weighted by atomic mass is 9.88. The molecular weight excluding hydrogens is 260 g/mol. The van der Waals surface area contributed by atoms with Crippen molar-refractivity contribution in [2.75, 3.05) is 20.3 Å². The van der Waals surface area contributed by atoms with E-state index in [1.165, 1.54) is 0 Å². The van der Waals surface area contributed by atoms with Crippen molar-refractivity contribution in [3.8, 4) is 5.75 Å². The van der Waals surface area contributed by atoms with E-state index in [2.05, 4.69) is 21.4 Å². The minimum Gasteiger partial charge on any atom is -0.496 e. The van der Waals surface area contributed by atoms with Gasteiger partial charge in [-0.05, 0) is 18.2 Å². The van der Waals surface area contributed by atoms with Gasteiger partial charge in [-0.1, -0.05) is 15.9 Å². The summed E-state index contributed by atoms with van der Waals surface area (Å²) in [6.45, 7) is 1.13. The highest BCUT2D eigenvalue weighted by molar-refractivity contribution is 9.10. The number of hydrogen-bond acceptors (Lipinski definition) is 4. The predicted octanol–water partition coefficient (Wildman–Crippen LogP) is 1.15. The van der Waals surface area contributed by atoms with Crippen LogP contribution in [0.2, 0.25) is 0 Å². The molecule has 0 saturated carbocycles. The van der Waals surface area contributed by atoms with Gasteiger partial charge in [-0.25, -0.2) is 5.43 Å². The lowest BCUT2D eigenvalue weighted by molar-refractivity contribution is -0.0795. The van der Waals surface area contributed by atoms with E-state index in [-0.39, 0.29) is 5.54 Å². The van der Waals surface area contributed by atoms with Gasteiger partial charge in [0.15, 0.2) is 0 Å². The smallest absolute Gasteiger partial charge is 0.124 e. The highest BCUT2D eigenvalue weighted by Gasteiger charge is 2.41. The van der Waals surface area contributed by atoms with Crippen molar-refractivity contribution in [3.05, 3.63) is 28.2 Å². The second-order valence-corrected chi connectivity index (χ2v) is 4.48. The zero-order valence-corrected chi connectivity index (χ0v) is 10.0. The lowest BCUT2D eigenvalue weighted by Gasteiger charge is -2.41. The maximum absolute atomic E-state index is 5.57. The molecule has 0 aromatic heterocycles. The molecule has 1 aliphatic rings. The Hall–Kier alpha value is -0.620. The van der Waals surface area contributed by atoms with Gasteiger partial charge >= 0.3 is 0 Å². The van der Waals surface area contributed by atoms with Crippen LogP contribution >= 0.6 is 15.9 Å².